The van der Waals surface area contributed by atoms with Crippen LogP contribution in [0.3, 0.4) is 0 Å². The van der Waals surface area contributed by atoms with Gasteiger partial charge >= 0.3 is 11.1 Å². The molecule has 0 spiro atoms. The second-order valence-electron chi connectivity index (χ2n) is 5.70. The van der Waals surface area contributed by atoms with Gasteiger partial charge < -0.3 is 9.13 Å². The van der Waals surface area contributed by atoms with Gasteiger partial charge in [0.1, 0.15) is 0 Å². The van der Waals surface area contributed by atoms with Crippen LogP contribution in [0.1, 0.15) is 51.0 Å². The third kappa shape index (κ3) is 2.28. The molecule has 18 heavy (non-hydrogen) atoms. The van der Waals surface area contributed by atoms with Crippen LogP contribution in [0.15, 0.2) is 22.0 Å². The Morgan fingerprint density at radius 2 is 1.67 bits per heavy atom. The first kappa shape index (κ1) is 11.8. The normalized spacial score (nSPS) is 21.1. The zero-order valence-electron chi connectivity index (χ0n) is 10.7. The molecule has 2 aliphatic rings. The van der Waals surface area contributed by atoms with E-state index < -0.39 is 0 Å². The van der Waals surface area contributed by atoms with E-state index in [0.717, 1.165) is 19.4 Å². The van der Waals surface area contributed by atoms with E-state index in [1.807, 2.05) is 0 Å². The minimum atomic E-state index is -0.338. The number of hydrogen-bond donors (Lipinski definition) is 0. The van der Waals surface area contributed by atoms with E-state index in [4.69, 9.17) is 0 Å². The van der Waals surface area contributed by atoms with Gasteiger partial charge in [0.25, 0.3) is 0 Å². The van der Waals surface area contributed by atoms with Gasteiger partial charge in [-0.05, 0) is 31.6 Å². The summed E-state index contributed by atoms with van der Waals surface area (Å²) in [5, 5.41) is 0. The Morgan fingerprint density at radius 3 is 2.33 bits per heavy atom. The molecule has 2 aliphatic carbocycles. The van der Waals surface area contributed by atoms with Crippen molar-refractivity contribution in [2.75, 3.05) is 0 Å². The van der Waals surface area contributed by atoms with Crippen LogP contribution in [0.5, 0.6) is 0 Å². The van der Waals surface area contributed by atoms with Crippen LogP contribution in [0.2, 0.25) is 0 Å². The van der Waals surface area contributed by atoms with E-state index in [0.29, 0.717) is 5.92 Å². The fourth-order valence-electron chi connectivity index (χ4n) is 2.95. The molecule has 98 valence electrons. The van der Waals surface area contributed by atoms with Crippen LogP contribution in [-0.4, -0.2) is 9.13 Å². The van der Waals surface area contributed by atoms with Crippen LogP contribution in [0.25, 0.3) is 0 Å². The summed E-state index contributed by atoms with van der Waals surface area (Å²) in [5.74, 6) is 0.577. The highest BCUT2D eigenvalue weighted by Crippen LogP contribution is 2.32. The minimum Gasteiger partial charge on any atom is -0.309 e. The Labute approximate surface area is 106 Å². The SMILES string of the molecule is O=c1c(=O)n(C2CC2)ccn1CC1CCCCC1. The Kier molecular flexibility index (Phi) is 3.10. The van der Waals surface area contributed by atoms with Crippen LogP contribution in [0, 0.1) is 5.92 Å². The molecule has 0 bridgehead atoms. The summed E-state index contributed by atoms with van der Waals surface area (Å²) >= 11 is 0. The van der Waals surface area contributed by atoms with E-state index >= 15 is 0 Å². The molecule has 0 atom stereocenters. The van der Waals surface area contributed by atoms with Crippen molar-refractivity contribution in [3.05, 3.63) is 33.1 Å². The summed E-state index contributed by atoms with van der Waals surface area (Å²) in [6.45, 7) is 0.722. The molecule has 3 rings (SSSR count). The van der Waals surface area contributed by atoms with E-state index in [2.05, 4.69) is 0 Å². The summed E-state index contributed by atoms with van der Waals surface area (Å²) in [7, 11) is 0. The van der Waals surface area contributed by atoms with Gasteiger partial charge in [0.05, 0.1) is 0 Å². The molecule has 1 aromatic heterocycles. The number of aromatic nitrogens is 2. The summed E-state index contributed by atoms with van der Waals surface area (Å²) in [4.78, 5) is 24.0. The summed E-state index contributed by atoms with van der Waals surface area (Å²) in [6, 6.07) is 0.287. The quantitative estimate of drug-likeness (QED) is 0.767. The lowest BCUT2D eigenvalue weighted by Gasteiger charge is -2.22. The molecule has 0 N–H and O–H groups in total. The molecule has 0 aromatic carbocycles. The average molecular weight is 248 g/mol. The van der Waals surface area contributed by atoms with Crippen molar-refractivity contribution < 1.29 is 0 Å². The van der Waals surface area contributed by atoms with Gasteiger partial charge in [0.15, 0.2) is 0 Å². The Hall–Kier alpha value is -1.32. The third-order valence-electron chi connectivity index (χ3n) is 4.21. The first-order chi connectivity index (χ1) is 8.75. The fourth-order valence-corrected chi connectivity index (χ4v) is 2.95. The van der Waals surface area contributed by atoms with Gasteiger partial charge in [-0.15, -0.1) is 0 Å². The second-order valence-corrected chi connectivity index (χ2v) is 5.70. The standard InChI is InChI=1S/C14H20N2O2/c17-13-14(18)16(12-6-7-12)9-8-15(13)10-11-4-2-1-3-5-11/h8-9,11-12H,1-7,10H2. The lowest BCUT2D eigenvalue weighted by molar-refractivity contribution is 0.314. The zero-order valence-corrected chi connectivity index (χ0v) is 10.7. The molecule has 4 heteroatoms. The summed E-state index contributed by atoms with van der Waals surface area (Å²) in [5.41, 5.74) is -0.675. The molecule has 0 saturated heterocycles. The summed E-state index contributed by atoms with van der Waals surface area (Å²) in [6.07, 6.45) is 11.9. The van der Waals surface area contributed by atoms with Crippen LogP contribution >= 0.6 is 0 Å². The first-order valence-corrected chi connectivity index (χ1v) is 7.07. The highest BCUT2D eigenvalue weighted by Gasteiger charge is 2.25. The molecule has 0 radical (unpaired) electrons. The Morgan fingerprint density at radius 1 is 0.944 bits per heavy atom. The molecule has 0 aliphatic heterocycles. The smallest absolute Gasteiger partial charge is 0.309 e. The van der Waals surface area contributed by atoms with Crippen molar-refractivity contribution >= 4 is 0 Å². The monoisotopic (exact) mass is 248 g/mol. The van der Waals surface area contributed by atoms with Gasteiger partial charge in [-0.25, -0.2) is 0 Å². The maximum Gasteiger partial charge on any atom is 0.316 e. The maximum atomic E-state index is 12.0. The molecule has 1 heterocycles. The van der Waals surface area contributed by atoms with Crippen molar-refractivity contribution in [2.45, 2.75) is 57.5 Å². The number of rotatable bonds is 3. The molecule has 4 nitrogen and oxygen atoms in total. The van der Waals surface area contributed by atoms with Gasteiger partial charge in [-0.3, -0.25) is 9.59 Å². The largest absolute Gasteiger partial charge is 0.316 e. The molecule has 0 amide bonds. The Bertz CT molecular complexity index is 533. The molecule has 2 saturated carbocycles. The van der Waals surface area contributed by atoms with Gasteiger partial charge in [0.2, 0.25) is 0 Å². The van der Waals surface area contributed by atoms with Crippen molar-refractivity contribution in [2.24, 2.45) is 5.92 Å². The van der Waals surface area contributed by atoms with Crippen molar-refractivity contribution in [3.8, 4) is 0 Å². The molecule has 1 aromatic rings. The highest BCUT2D eigenvalue weighted by atomic mass is 16.2. The minimum absolute atomic E-state index is 0.287. The van der Waals surface area contributed by atoms with Crippen LogP contribution < -0.4 is 11.1 Å². The predicted molar refractivity (Wildman–Crippen MR) is 69.8 cm³/mol. The van der Waals surface area contributed by atoms with Crippen molar-refractivity contribution in [3.63, 3.8) is 0 Å². The zero-order chi connectivity index (χ0) is 12.5. The van der Waals surface area contributed by atoms with Gasteiger partial charge in [-0.1, -0.05) is 19.3 Å². The topological polar surface area (TPSA) is 44.0 Å². The molecular weight excluding hydrogens is 228 g/mol. The van der Waals surface area contributed by atoms with E-state index in [-0.39, 0.29) is 17.2 Å². The first-order valence-electron chi connectivity index (χ1n) is 7.07. The van der Waals surface area contributed by atoms with Gasteiger partial charge in [-0.2, -0.15) is 0 Å². The number of nitrogens with zero attached hydrogens (tertiary/aromatic N) is 2. The third-order valence-corrected chi connectivity index (χ3v) is 4.21. The lowest BCUT2D eigenvalue weighted by atomic mass is 9.89. The molecular formula is C14H20N2O2. The summed E-state index contributed by atoms with van der Waals surface area (Å²) < 4.78 is 3.23. The van der Waals surface area contributed by atoms with E-state index in [1.165, 1.54) is 32.1 Å². The average Bonchev–Trinajstić information content (AvgIpc) is 3.21. The van der Waals surface area contributed by atoms with Crippen molar-refractivity contribution in [1.29, 1.82) is 0 Å². The van der Waals surface area contributed by atoms with Crippen LogP contribution in [-0.2, 0) is 6.54 Å². The molecule has 0 unspecified atom stereocenters. The van der Waals surface area contributed by atoms with Crippen molar-refractivity contribution in [1.82, 2.24) is 9.13 Å². The second kappa shape index (κ2) is 4.75. The number of hydrogen-bond acceptors (Lipinski definition) is 2. The lowest BCUT2D eigenvalue weighted by Crippen LogP contribution is -2.41. The predicted octanol–water partition coefficient (Wildman–Crippen LogP) is 1.93. The van der Waals surface area contributed by atoms with E-state index in [1.54, 1.807) is 21.5 Å². The van der Waals surface area contributed by atoms with E-state index in [9.17, 15) is 9.59 Å². The van der Waals surface area contributed by atoms with Crippen LogP contribution in [0.4, 0.5) is 0 Å². The maximum absolute atomic E-state index is 12.0. The highest BCUT2D eigenvalue weighted by molar-refractivity contribution is 4.93. The Balaban J connectivity index is 1.82. The molecule has 2 fully saturated rings. The van der Waals surface area contributed by atoms with Gasteiger partial charge in [0, 0.05) is 25.0 Å². The fraction of sp³-hybridized carbons (Fsp3) is 0.714.